The van der Waals surface area contributed by atoms with E-state index in [2.05, 4.69) is 15.4 Å². The van der Waals surface area contributed by atoms with E-state index in [0.717, 1.165) is 42.9 Å². The van der Waals surface area contributed by atoms with Crippen LogP contribution < -0.4 is 10.2 Å². The molecule has 3 aromatic rings. The smallest absolute Gasteiger partial charge is 0.277 e. The van der Waals surface area contributed by atoms with E-state index in [4.69, 9.17) is 9.26 Å². The van der Waals surface area contributed by atoms with Gasteiger partial charge in [-0.25, -0.2) is 0 Å². The van der Waals surface area contributed by atoms with E-state index in [0.29, 0.717) is 11.9 Å². The molecule has 2 heterocycles. The van der Waals surface area contributed by atoms with Crippen molar-refractivity contribution in [1.29, 1.82) is 0 Å². The van der Waals surface area contributed by atoms with Gasteiger partial charge in [-0.3, -0.25) is 4.79 Å². The molecule has 0 radical (unpaired) electrons. The van der Waals surface area contributed by atoms with Crippen LogP contribution in [0.3, 0.4) is 0 Å². The van der Waals surface area contributed by atoms with Crippen molar-refractivity contribution in [3.63, 3.8) is 0 Å². The first-order chi connectivity index (χ1) is 13.7. The predicted molar refractivity (Wildman–Crippen MR) is 109 cm³/mol. The number of nitrogens with zero attached hydrogens (tertiary/aromatic N) is 2. The first-order valence-corrected chi connectivity index (χ1v) is 9.44. The van der Waals surface area contributed by atoms with E-state index in [9.17, 15) is 4.79 Å². The number of amides is 1. The van der Waals surface area contributed by atoms with Crippen molar-refractivity contribution in [2.24, 2.45) is 0 Å². The third-order valence-electron chi connectivity index (χ3n) is 5.07. The summed E-state index contributed by atoms with van der Waals surface area (Å²) in [7, 11) is 1.77. The lowest BCUT2D eigenvalue weighted by molar-refractivity contribution is 0.0819. The van der Waals surface area contributed by atoms with Crippen LogP contribution in [0.1, 0.15) is 23.3 Å². The maximum atomic E-state index is 12.5. The highest BCUT2D eigenvalue weighted by molar-refractivity contribution is 6.03. The van der Waals surface area contributed by atoms with Crippen molar-refractivity contribution in [2.45, 2.75) is 18.9 Å². The van der Waals surface area contributed by atoms with Crippen LogP contribution >= 0.6 is 0 Å². The Kier molecular flexibility index (Phi) is 5.39. The van der Waals surface area contributed by atoms with Gasteiger partial charge in [0.15, 0.2) is 11.5 Å². The van der Waals surface area contributed by atoms with E-state index in [1.165, 1.54) is 0 Å². The van der Waals surface area contributed by atoms with Crippen molar-refractivity contribution >= 4 is 17.3 Å². The van der Waals surface area contributed by atoms with Crippen LogP contribution in [0.15, 0.2) is 65.2 Å². The van der Waals surface area contributed by atoms with E-state index in [1.54, 1.807) is 13.2 Å². The number of anilines is 2. The maximum Gasteiger partial charge on any atom is 0.277 e. The van der Waals surface area contributed by atoms with Gasteiger partial charge in [-0.1, -0.05) is 35.5 Å². The van der Waals surface area contributed by atoms with Gasteiger partial charge in [0, 0.05) is 43.2 Å². The molecule has 0 saturated carbocycles. The number of carbonyl (C=O) groups is 1. The zero-order valence-electron chi connectivity index (χ0n) is 15.8. The summed E-state index contributed by atoms with van der Waals surface area (Å²) in [6.45, 7) is 1.96. The van der Waals surface area contributed by atoms with Crippen molar-refractivity contribution in [1.82, 2.24) is 5.16 Å². The molecular formula is C22H23N3O3. The van der Waals surface area contributed by atoms with E-state index in [-0.39, 0.29) is 11.6 Å². The third kappa shape index (κ3) is 4.07. The number of nitrogens with one attached hydrogen (secondary N) is 1. The fourth-order valence-electron chi connectivity index (χ4n) is 3.42. The Hall–Kier alpha value is -3.12. The zero-order valence-corrected chi connectivity index (χ0v) is 15.8. The van der Waals surface area contributed by atoms with Crippen molar-refractivity contribution in [2.75, 3.05) is 30.4 Å². The molecule has 2 aromatic carbocycles. The van der Waals surface area contributed by atoms with Crippen LogP contribution in [0.4, 0.5) is 11.4 Å². The molecule has 0 spiro atoms. The first kappa shape index (κ1) is 18.3. The normalized spacial score (nSPS) is 14.8. The summed E-state index contributed by atoms with van der Waals surface area (Å²) >= 11 is 0. The zero-order chi connectivity index (χ0) is 19.3. The Morgan fingerprint density at radius 3 is 2.50 bits per heavy atom. The Morgan fingerprint density at radius 2 is 1.82 bits per heavy atom. The monoisotopic (exact) mass is 377 g/mol. The molecule has 4 rings (SSSR count). The highest BCUT2D eigenvalue weighted by atomic mass is 16.5. The van der Waals surface area contributed by atoms with Gasteiger partial charge < -0.3 is 19.5 Å². The number of aromatic nitrogens is 1. The number of hydrogen-bond donors (Lipinski definition) is 1. The van der Waals surface area contributed by atoms with Crippen LogP contribution in [-0.2, 0) is 4.74 Å². The second-order valence-electron chi connectivity index (χ2n) is 6.87. The molecule has 1 aromatic heterocycles. The highest BCUT2D eigenvalue weighted by Gasteiger charge is 2.19. The molecule has 6 heteroatoms. The van der Waals surface area contributed by atoms with Crippen LogP contribution in [0.5, 0.6) is 0 Å². The summed E-state index contributed by atoms with van der Waals surface area (Å²) in [5.41, 5.74) is 3.02. The molecule has 28 heavy (non-hydrogen) atoms. The van der Waals surface area contributed by atoms with Gasteiger partial charge >= 0.3 is 0 Å². The van der Waals surface area contributed by atoms with Gasteiger partial charge in [-0.2, -0.15) is 0 Å². The minimum atomic E-state index is -0.292. The first-order valence-electron chi connectivity index (χ1n) is 9.44. The molecule has 1 aliphatic rings. The predicted octanol–water partition coefficient (Wildman–Crippen LogP) is 4.21. The molecule has 0 bridgehead atoms. The minimum absolute atomic E-state index is 0.254. The number of ether oxygens (including phenoxy) is 1. The topological polar surface area (TPSA) is 67.6 Å². The molecular weight excluding hydrogens is 354 g/mol. The lowest BCUT2D eigenvalue weighted by atomic mass is 10.1. The maximum absolute atomic E-state index is 12.5. The quantitative estimate of drug-likeness (QED) is 0.721. The highest BCUT2D eigenvalue weighted by Crippen LogP contribution is 2.24. The molecule has 1 aliphatic heterocycles. The van der Waals surface area contributed by atoms with E-state index >= 15 is 0 Å². The van der Waals surface area contributed by atoms with Gasteiger partial charge in [0.05, 0.1) is 6.10 Å². The second kappa shape index (κ2) is 8.27. The number of methoxy groups -OCH3 is 1. The SMILES string of the molecule is COC1CCN(c2ccc(NC(=O)c3cc(-c4ccccc4)on3)cc2)CC1. The number of piperidine rings is 1. The summed E-state index contributed by atoms with van der Waals surface area (Å²) in [5.74, 6) is 0.278. The summed E-state index contributed by atoms with van der Waals surface area (Å²) in [4.78, 5) is 14.8. The van der Waals surface area contributed by atoms with Crippen LogP contribution in [0.25, 0.3) is 11.3 Å². The van der Waals surface area contributed by atoms with Gasteiger partial charge in [0.25, 0.3) is 5.91 Å². The largest absolute Gasteiger partial charge is 0.381 e. The van der Waals surface area contributed by atoms with Crippen LogP contribution in [0, 0.1) is 0 Å². The lowest BCUT2D eigenvalue weighted by Crippen LogP contribution is -2.36. The fraction of sp³-hybridized carbons (Fsp3) is 0.273. The molecule has 6 nitrogen and oxygen atoms in total. The second-order valence-corrected chi connectivity index (χ2v) is 6.87. The summed E-state index contributed by atoms with van der Waals surface area (Å²) in [6.07, 6.45) is 2.42. The Bertz CT molecular complexity index is 914. The average molecular weight is 377 g/mol. The molecule has 0 aliphatic carbocycles. The standard InChI is InChI=1S/C22H23N3O3/c1-27-19-11-13-25(14-12-19)18-9-7-17(8-10-18)23-22(26)20-15-21(28-24-20)16-5-3-2-4-6-16/h2-10,15,19H,11-14H2,1H3,(H,23,26). The van der Waals surface area contributed by atoms with Crippen molar-refractivity contribution < 1.29 is 14.1 Å². The van der Waals surface area contributed by atoms with Crippen molar-refractivity contribution in [3.8, 4) is 11.3 Å². The molecule has 1 amide bonds. The number of rotatable bonds is 5. The fourth-order valence-corrected chi connectivity index (χ4v) is 3.42. The molecule has 1 saturated heterocycles. The van der Waals surface area contributed by atoms with Gasteiger partial charge in [0.1, 0.15) is 0 Å². The molecule has 144 valence electrons. The van der Waals surface area contributed by atoms with Crippen molar-refractivity contribution in [3.05, 3.63) is 66.4 Å². The molecule has 0 unspecified atom stereocenters. The third-order valence-corrected chi connectivity index (χ3v) is 5.07. The summed E-state index contributed by atoms with van der Waals surface area (Å²) in [6, 6.07) is 19.1. The van der Waals surface area contributed by atoms with E-state index < -0.39 is 0 Å². The molecule has 1 N–H and O–H groups in total. The Morgan fingerprint density at radius 1 is 1.11 bits per heavy atom. The summed E-state index contributed by atoms with van der Waals surface area (Å²) < 4.78 is 10.7. The Labute approximate surface area is 164 Å². The minimum Gasteiger partial charge on any atom is -0.381 e. The number of carbonyl (C=O) groups excluding carboxylic acids is 1. The molecule has 0 atom stereocenters. The van der Waals surface area contributed by atoms with Gasteiger partial charge in [-0.05, 0) is 37.1 Å². The average Bonchev–Trinajstić information content (AvgIpc) is 3.26. The van der Waals surface area contributed by atoms with Crippen LogP contribution in [-0.4, -0.2) is 37.4 Å². The molecule has 1 fully saturated rings. The van der Waals surface area contributed by atoms with Gasteiger partial charge in [-0.15, -0.1) is 0 Å². The number of benzene rings is 2. The van der Waals surface area contributed by atoms with Crippen LogP contribution in [0.2, 0.25) is 0 Å². The van der Waals surface area contributed by atoms with Gasteiger partial charge in [0.2, 0.25) is 0 Å². The summed E-state index contributed by atoms with van der Waals surface area (Å²) in [5, 5.41) is 6.76. The van der Waals surface area contributed by atoms with E-state index in [1.807, 2.05) is 54.6 Å². The number of hydrogen-bond acceptors (Lipinski definition) is 5. The lowest BCUT2D eigenvalue weighted by Gasteiger charge is -2.33. The Balaban J connectivity index is 1.38.